The van der Waals surface area contributed by atoms with E-state index in [1.807, 2.05) is 12.2 Å². The van der Waals surface area contributed by atoms with Crippen molar-refractivity contribution in [3.8, 4) is 0 Å². The standard InChI is InChI=1S/C66H109O11P/c1-4-7-10-13-16-19-22-25-28-30-31-33-35-37-40-43-46-49-52-55-64(68)73-59-63(77-66(70)57-54-51-48-45-42-39-36-32-29-26-23-20-17-14-11-8-5-2)61-75-78(71,72)74-60-62(58-67)76-65(69)56-53-50-47-44-41-38-34-27-24-21-18-15-12-9-6-3/h7-8,10-11,16-17,19-20,25-26,28-29,31,33,36-37,39-40,46,49,62-63,67H,4-6,9,12-15,18,21-24,27,30,32,34-35,38,41-45,47-48,50-61H2,1-3H3,(H,71,72)/b10-7-,11-8-,19-16-,20-17-,28-25-,29-26-,33-31-,39-36-,40-37-,49-46-. The molecule has 0 spiro atoms. The summed E-state index contributed by atoms with van der Waals surface area (Å²) >= 11 is 0. The van der Waals surface area contributed by atoms with E-state index in [0.29, 0.717) is 19.3 Å². The number of rotatable bonds is 55. The lowest BCUT2D eigenvalue weighted by Crippen LogP contribution is -2.30. The summed E-state index contributed by atoms with van der Waals surface area (Å²) in [6, 6.07) is 0. The number of hydrogen-bond donors (Lipinski definition) is 2. The predicted octanol–water partition coefficient (Wildman–Crippen LogP) is 18.4. The van der Waals surface area contributed by atoms with Crippen molar-refractivity contribution in [1.29, 1.82) is 0 Å². The molecule has 0 fully saturated rings. The first-order valence-electron chi connectivity index (χ1n) is 30.4. The van der Waals surface area contributed by atoms with Crippen LogP contribution in [0, 0.1) is 0 Å². The zero-order valence-corrected chi connectivity index (χ0v) is 50.0. The Kier molecular flexibility index (Phi) is 55.9. The van der Waals surface area contributed by atoms with E-state index in [2.05, 4.69) is 130 Å². The molecule has 0 aromatic rings. The fraction of sp³-hybridized carbons (Fsp3) is 0.652. The molecule has 0 aliphatic heterocycles. The zero-order valence-electron chi connectivity index (χ0n) is 49.1. The smallest absolute Gasteiger partial charge is 0.462 e. The number of phosphoric acid groups is 1. The van der Waals surface area contributed by atoms with Crippen LogP contribution in [-0.2, 0) is 42.2 Å². The fourth-order valence-electron chi connectivity index (χ4n) is 7.84. The van der Waals surface area contributed by atoms with Crippen LogP contribution in [0.2, 0.25) is 0 Å². The first kappa shape index (κ1) is 73.9. The molecule has 0 saturated carbocycles. The SMILES string of the molecule is CC/C=C\C/C=C\C/C=C\C/C=C\C/C=C\C/C=C\CCC(=O)OCC(COP(=O)(O)OCC(CO)OC(=O)CCCCCCCCCCCCCCCCC)OC(=O)CCCCCC/C=C\C/C=C\C/C=C\C/C=C\CC. The normalized spacial score (nSPS) is 14.2. The third-order valence-electron chi connectivity index (χ3n) is 12.4. The molecule has 0 aliphatic rings. The Morgan fingerprint density at radius 2 is 0.692 bits per heavy atom. The van der Waals surface area contributed by atoms with Gasteiger partial charge in [0.15, 0.2) is 6.10 Å². The number of carbonyl (C=O) groups is 3. The van der Waals surface area contributed by atoms with Crippen molar-refractivity contribution >= 4 is 25.7 Å². The molecule has 3 unspecified atom stereocenters. The summed E-state index contributed by atoms with van der Waals surface area (Å²) in [5.41, 5.74) is 0. The zero-order chi connectivity index (χ0) is 56.9. The molecule has 0 saturated heterocycles. The van der Waals surface area contributed by atoms with Crippen LogP contribution in [0.4, 0.5) is 0 Å². The molecule has 3 atom stereocenters. The quantitative estimate of drug-likeness (QED) is 0.0197. The Morgan fingerprint density at radius 1 is 0.372 bits per heavy atom. The van der Waals surface area contributed by atoms with Crippen LogP contribution in [0.5, 0.6) is 0 Å². The van der Waals surface area contributed by atoms with E-state index >= 15 is 0 Å². The highest BCUT2D eigenvalue weighted by Gasteiger charge is 2.28. The van der Waals surface area contributed by atoms with Gasteiger partial charge >= 0.3 is 25.7 Å². The van der Waals surface area contributed by atoms with Crippen molar-refractivity contribution in [2.75, 3.05) is 26.4 Å². The first-order chi connectivity index (χ1) is 38.2. The third kappa shape index (κ3) is 56.6. The molecule has 0 heterocycles. The van der Waals surface area contributed by atoms with E-state index in [0.717, 1.165) is 109 Å². The fourth-order valence-corrected chi connectivity index (χ4v) is 8.63. The van der Waals surface area contributed by atoms with Crippen molar-refractivity contribution in [1.82, 2.24) is 0 Å². The first-order valence-corrected chi connectivity index (χ1v) is 31.9. The van der Waals surface area contributed by atoms with Gasteiger partial charge in [0.1, 0.15) is 12.7 Å². The van der Waals surface area contributed by atoms with Crippen LogP contribution < -0.4 is 0 Å². The Balaban J connectivity index is 4.86. The average Bonchev–Trinajstić information content (AvgIpc) is 3.43. The number of carbonyl (C=O) groups excluding carboxylic acids is 3. The monoisotopic (exact) mass is 1110 g/mol. The van der Waals surface area contributed by atoms with Crippen molar-refractivity contribution < 1.29 is 52.2 Å². The largest absolute Gasteiger partial charge is 0.472 e. The summed E-state index contributed by atoms with van der Waals surface area (Å²) in [5, 5.41) is 9.83. The number of phosphoric ester groups is 1. The van der Waals surface area contributed by atoms with E-state index in [-0.39, 0.29) is 25.9 Å². The van der Waals surface area contributed by atoms with Gasteiger partial charge in [0, 0.05) is 19.3 Å². The molecule has 0 amide bonds. The van der Waals surface area contributed by atoms with E-state index in [1.165, 1.54) is 70.6 Å². The number of hydrogen-bond acceptors (Lipinski definition) is 10. The summed E-state index contributed by atoms with van der Waals surface area (Å²) in [6.45, 7) is 4.31. The third-order valence-corrected chi connectivity index (χ3v) is 13.3. The summed E-state index contributed by atoms with van der Waals surface area (Å²) in [4.78, 5) is 48.6. The summed E-state index contributed by atoms with van der Waals surface area (Å²) in [6.07, 6.45) is 73.1. The van der Waals surface area contributed by atoms with E-state index < -0.39 is 57.8 Å². The van der Waals surface area contributed by atoms with Gasteiger partial charge in [-0.2, -0.15) is 0 Å². The Morgan fingerprint density at radius 3 is 1.08 bits per heavy atom. The minimum Gasteiger partial charge on any atom is -0.462 e. The summed E-state index contributed by atoms with van der Waals surface area (Å²) in [7, 11) is -4.78. The van der Waals surface area contributed by atoms with Crippen LogP contribution in [0.25, 0.3) is 0 Å². The van der Waals surface area contributed by atoms with Gasteiger partial charge in [-0.25, -0.2) is 4.57 Å². The van der Waals surface area contributed by atoms with Gasteiger partial charge in [-0.1, -0.05) is 245 Å². The predicted molar refractivity (Wildman–Crippen MR) is 325 cm³/mol. The Hall–Kier alpha value is -4.12. The molecule has 0 radical (unpaired) electrons. The van der Waals surface area contributed by atoms with Crippen LogP contribution in [0.1, 0.15) is 239 Å². The van der Waals surface area contributed by atoms with Gasteiger partial charge < -0.3 is 24.2 Å². The van der Waals surface area contributed by atoms with Gasteiger partial charge in [-0.15, -0.1) is 0 Å². The van der Waals surface area contributed by atoms with Gasteiger partial charge in [0.25, 0.3) is 0 Å². The Bertz CT molecular complexity index is 1770. The molecule has 0 aromatic carbocycles. The van der Waals surface area contributed by atoms with Crippen molar-refractivity contribution in [3.05, 3.63) is 122 Å². The van der Waals surface area contributed by atoms with Crippen molar-refractivity contribution in [3.63, 3.8) is 0 Å². The number of aliphatic hydroxyl groups excluding tert-OH is 1. The van der Waals surface area contributed by atoms with Crippen molar-refractivity contribution in [2.45, 2.75) is 251 Å². The van der Waals surface area contributed by atoms with Crippen LogP contribution in [-0.4, -0.2) is 66.5 Å². The van der Waals surface area contributed by atoms with Crippen LogP contribution in [0.3, 0.4) is 0 Å². The second-order valence-corrected chi connectivity index (χ2v) is 21.2. The molecule has 0 rings (SSSR count). The maximum absolute atomic E-state index is 12.9. The highest BCUT2D eigenvalue weighted by molar-refractivity contribution is 7.47. The molecule has 0 aromatic heterocycles. The molecule has 0 aliphatic carbocycles. The number of ether oxygens (including phenoxy) is 3. The van der Waals surface area contributed by atoms with Gasteiger partial charge in [-0.3, -0.25) is 23.4 Å². The topological polar surface area (TPSA) is 155 Å². The number of aliphatic hydroxyl groups is 1. The molecule has 0 bridgehead atoms. The molecular formula is C66H109O11P. The molecule has 78 heavy (non-hydrogen) atoms. The molecule has 444 valence electrons. The lowest BCUT2D eigenvalue weighted by atomic mass is 10.0. The van der Waals surface area contributed by atoms with Crippen molar-refractivity contribution in [2.24, 2.45) is 0 Å². The molecule has 12 heteroatoms. The summed E-state index contributed by atoms with van der Waals surface area (Å²) < 4.78 is 39.5. The molecule has 11 nitrogen and oxygen atoms in total. The lowest BCUT2D eigenvalue weighted by molar-refractivity contribution is -0.161. The van der Waals surface area contributed by atoms with E-state index in [9.17, 15) is 28.9 Å². The van der Waals surface area contributed by atoms with Gasteiger partial charge in [-0.05, 0) is 96.3 Å². The lowest BCUT2D eigenvalue weighted by Gasteiger charge is -2.21. The van der Waals surface area contributed by atoms with Gasteiger partial charge in [0.05, 0.1) is 19.8 Å². The second kappa shape index (κ2) is 59.0. The second-order valence-electron chi connectivity index (χ2n) is 19.8. The molecule has 2 N–H and O–H groups in total. The Labute approximate surface area is 475 Å². The van der Waals surface area contributed by atoms with Gasteiger partial charge in [0.2, 0.25) is 0 Å². The molecular weight excluding hydrogens is 1000 g/mol. The average molecular weight is 1110 g/mol. The number of unbranched alkanes of at least 4 members (excludes halogenated alkanes) is 18. The highest BCUT2D eigenvalue weighted by Crippen LogP contribution is 2.43. The maximum Gasteiger partial charge on any atom is 0.472 e. The number of esters is 3. The minimum absolute atomic E-state index is 0.0902. The van der Waals surface area contributed by atoms with Crippen LogP contribution in [0.15, 0.2) is 122 Å². The minimum atomic E-state index is -4.78. The summed E-state index contributed by atoms with van der Waals surface area (Å²) in [5.74, 6) is -1.60. The maximum atomic E-state index is 12.9. The van der Waals surface area contributed by atoms with E-state index in [4.69, 9.17) is 23.3 Å². The number of allylic oxidation sites excluding steroid dienone is 20. The van der Waals surface area contributed by atoms with Crippen LogP contribution >= 0.6 is 7.82 Å². The highest BCUT2D eigenvalue weighted by atomic mass is 31.2. The van der Waals surface area contributed by atoms with E-state index in [1.54, 1.807) is 0 Å².